The third kappa shape index (κ3) is 4.53. The monoisotopic (exact) mass is 465 g/mol. The number of nitrogens with zero attached hydrogens (tertiary/aromatic N) is 3. The van der Waals surface area contributed by atoms with E-state index in [1.807, 2.05) is 84.1 Å². The van der Waals surface area contributed by atoms with E-state index in [1.54, 1.807) is 12.1 Å². The molecule has 5 rings (SSSR count). The van der Waals surface area contributed by atoms with Gasteiger partial charge in [0.05, 0.1) is 29.3 Å². The standard InChI is InChI=1S/C28H27N5O2/c1-19-27(20(2)33(31-19)24-9-4-3-5-10-24)30-26(34)18-29-23-14-12-22(13-15-23)28(35)32-17-16-21-8-6-7-11-25(21)32/h3-15,29H,16-18H2,1-2H3,(H,30,34). The molecule has 1 aliphatic rings. The minimum Gasteiger partial charge on any atom is -0.376 e. The third-order valence-electron chi connectivity index (χ3n) is 6.27. The fourth-order valence-corrected chi connectivity index (χ4v) is 4.45. The predicted octanol–water partition coefficient (Wildman–Crippen LogP) is 4.74. The van der Waals surface area contributed by atoms with Gasteiger partial charge in [-0.1, -0.05) is 36.4 Å². The Morgan fingerprint density at radius 2 is 1.63 bits per heavy atom. The lowest BCUT2D eigenvalue weighted by molar-refractivity contribution is -0.114. The van der Waals surface area contributed by atoms with Gasteiger partial charge in [0.2, 0.25) is 5.91 Å². The van der Waals surface area contributed by atoms with Crippen molar-refractivity contribution < 1.29 is 9.59 Å². The Labute approximate surface area is 204 Å². The van der Waals surface area contributed by atoms with Crippen LogP contribution in [-0.4, -0.2) is 34.7 Å². The quantitative estimate of drug-likeness (QED) is 0.431. The van der Waals surface area contributed by atoms with Crippen LogP contribution in [0.4, 0.5) is 17.1 Å². The fraction of sp³-hybridized carbons (Fsp3) is 0.179. The molecule has 0 aliphatic carbocycles. The van der Waals surface area contributed by atoms with Gasteiger partial charge in [-0.3, -0.25) is 9.59 Å². The summed E-state index contributed by atoms with van der Waals surface area (Å²) in [6.07, 6.45) is 0.875. The highest BCUT2D eigenvalue weighted by Crippen LogP contribution is 2.29. The van der Waals surface area contributed by atoms with Gasteiger partial charge >= 0.3 is 0 Å². The molecule has 2 amide bonds. The molecule has 2 heterocycles. The lowest BCUT2D eigenvalue weighted by Crippen LogP contribution is -2.28. The topological polar surface area (TPSA) is 79.3 Å². The number of carbonyl (C=O) groups excluding carboxylic acids is 2. The zero-order chi connectivity index (χ0) is 24.4. The summed E-state index contributed by atoms with van der Waals surface area (Å²) >= 11 is 0. The van der Waals surface area contributed by atoms with Gasteiger partial charge < -0.3 is 15.5 Å². The molecule has 0 saturated heterocycles. The van der Waals surface area contributed by atoms with Crippen molar-refractivity contribution in [1.29, 1.82) is 0 Å². The molecule has 3 aromatic carbocycles. The number of carbonyl (C=O) groups is 2. The van der Waals surface area contributed by atoms with E-state index in [0.29, 0.717) is 17.8 Å². The first kappa shape index (κ1) is 22.4. The number of fused-ring (bicyclic) bond motifs is 1. The van der Waals surface area contributed by atoms with E-state index < -0.39 is 0 Å². The number of para-hydroxylation sites is 2. The molecule has 1 aliphatic heterocycles. The van der Waals surface area contributed by atoms with Gasteiger partial charge in [-0.25, -0.2) is 4.68 Å². The van der Waals surface area contributed by atoms with Crippen LogP contribution < -0.4 is 15.5 Å². The van der Waals surface area contributed by atoms with E-state index in [0.717, 1.165) is 34.9 Å². The second-order valence-corrected chi connectivity index (χ2v) is 8.61. The summed E-state index contributed by atoms with van der Waals surface area (Å²) in [6.45, 7) is 4.61. The lowest BCUT2D eigenvalue weighted by atomic mass is 10.1. The summed E-state index contributed by atoms with van der Waals surface area (Å²) in [4.78, 5) is 27.4. The summed E-state index contributed by atoms with van der Waals surface area (Å²) in [5, 5.41) is 10.7. The molecule has 2 N–H and O–H groups in total. The lowest BCUT2D eigenvalue weighted by Gasteiger charge is -2.17. The highest BCUT2D eigenvalue weighted by atomic mass is 16.2. The summed E-state index contributed by atoms with van der Waals surface area (Å²) < 4.78 is 1.83. The van der Waals surface area contributed by atoms with E-state index in [1.165, 1.54) is 5.56 Å². The Hall–Kier alpha value is -4.39. The number of aryl methyl sites for hydroxylation is 1. The highest BCUT2D eigenvalue weighted by molar-refractivity contribution is 6.07. The van der Waals surface area contributed by atoms with Gasteiger partial charge in [-0.2, -0.15) is 5.10 Å². The number of amides is 2. The Morgan fingerprint density at radius 3 is 2.40 bits per heavy atom. The van der Waals surface area contributed by atoms with Gasteiger partial charge in [0.15, 0.2) is 0 Å². The second kappa shape index (κ2) is 9.46. The summed E-state index contributed by atoms with van der Waals surface area (Å²) in [6, 6.07) is 25.1. The van der Waals surface area contributed by atoms with Gasteiger partial charge in [-0.15, -0.1) is 0 Å². The Kier molecular flexibility index (Phi) is 6.06. The predicted molar refractivity (Wildman–Crippen MR) is 138 cm³/mol. The zero-order valence-corrected chi connectivity index (χ0v) is 19.8. The highest BCUT2D eigenvalue weighted by Gasteiger charge is 2.25. The van der Waals surface area contributed by atoms with Crippen LogP contribution in [0.2, 0.25) is 0 Å². The van der Waals surface area contributed by atoms with Crippen LogP contribution in [0.1, 0.15) is 27.3 Å². The maximum Gasteiger partial charge on any atom is 0.258 e. The summed E-state index contributed by atoms with van der Waals surface area (Å²) in [5.41, 5.74) is 6.86. The molecule has 0 fully saturated rings. The molecule has 7 nitrogen and oxygen atoms in total. The van der Waals surface area contributed by atoms with Crippen molar-refractivity contribution in [3.8, 4) is 5.69 Å². The van der Waals surface area contributed by atoms with Crippen molar-refractivity contribution in [3.63, 3.8) is 0 Å². The van der Waals surface area contributed by atoms with E-state index in [4.69, 9.17) is 0 Å². The van der Waals surface area contributed by atoms with E-state index in [9.17, 15) is 9.59 Å². The molecule has 0 atom stereocenters. The van der Waals surface area contributed by atoms with E-state index in [-0.39, 0.29) is 18.4 Å². The first-order valence-corrected chi connectivity index (χ1v) is 11.7. The Balaban J connectivity index is 1.20. The molecule has 35 heavy (non-hydrogen) atoms. The third-order valence-corrected chi connectivity index (χ3v) is 6.27. The van der Waals surface area contributed by atoms with Gasteiger partial charge in [0.1, 0.15) is 0 Å². The molecule has 0 radical (unpaired) electrons. The zero-order valence-electron chi connectivity index (χ0n) is 19.8. The fourth-order valence-electron chi connectivity index (χ4n) is 4.45. The van der Waals surface area contributed by atoms with Crippen LogP contribution in [0, 0.1) is 13.8 Å². The van der Waals surface area contributed by atoms with Crippen LogP contribution >= 0.6 is 0 Å². The molecule has 7 heteroatoms. The van der Waals surface area contributed by atoms with Crippen molar-refractivity contribution in [2.75, 3.05) is 28.6 Å². The Bertz CT molecular complexity index is 1380. The number of rotatable bonds is 6. The maximum absolute atomic E-state index is 13.0. The molecule has 0 saturated carbocycles. The number of hydrogen-bond donors (Lipinski definition) is 2. The molecule has 0 bridgehead atoms. The molecule has 0 spiro atoms. The maximum atomic E-state index is 13.0. The number of anilines is 3. The van der Waals surface area contributed by atoms with Crippen LogP contribution in [-0.2, 0) is 11.2 Å². The van der Waals surface area contributed by atoms with Crippen molar-refractivity contribution in [3.05, 3.63) is 101 Å². The molecule has 4 aromatic rings. The minimum atomic E-state index is -0.169. The molecular formula is C28H27N5O2. The number of benzene rings is 3. The number of nitrogens with one attached hydrogen (secondary N) is 2. The second-order valence-electron chi connectivity index (χ2n) is 8.61. The van der Waals surface area contributed by atoms with Crippen LogP contribution in [0.15, 0.2) is 78.9 Å². The van der Waals surface area contributed by atoms with Crippen molar-refractivity contribution in [2.24, 2.45) is 0 Å². The Morgan fingerprint density at radius 1 is 0.914 bits per heavy atom. The SMILES string of the molecule is Cc1nn(-c2ccccc2)c(C)c1NC(=O)CNc1ccc(C(=O)N2CCc3ccccc32)cc1. The summed E-state index contributed by atoms with van der Waals surface area (Å²) in [7, 11) is 0. The van der Waals surface area contributed by atoms with Crippen molar-refractivity contribution >= 4 is 28.9 Å². The van der Waals surface area contributed by atoms with Gasteiger partial charge in [-0.05, 0) is 68.3 Å². The molecular weight excluding hydrogens is 438 g/mol. The van der Waals surface area contributed by atoms with Crippen molar-refractivity contribution in [1.82, 2.24) is 9.78 Å². The van der Waals surface area contributed by atoms with Crippen molar-refractivity contribution in [2.45, 2.75) is 20.3 Å². The molecule has 0 unspecified atom stereocenters. The van der Waals surface area contributed by atoms with Gasteiger partial charge in [0, 0.05) is 23.5 Å². The van der Waals surface area contributed by atoms with Gasteiger partial charge in [0.25, 0.3) is 5.91 Å². The average Bonchev–Trinajstić information content (AvgIpc) is 3.44. The normalized spacial score (nSPS) is 12.3. The molecule has 1 aromatic heterocycles. The smallest absolute Gasteiger partial charge is 0.258 e. The van der Waals surface area contributed by atoms with Crippen LogP contribution in [0.5, 0.6) is 0 Å². The summed E-state index contributed by atoms with van der Waals surface area (Å²) in [5.74, 6) is -0.182. The van der Waals surface area contributed by atoms with E-state index >= 15 is 0 Å². The number of aromatic nitrogens is 2. The molecule has 176 valence electrons. The largest absolute Gasteiger partial charge is 0.376 e. The first-order chi connectivity index (χ1) is 17.0. The van der Waals surface area contributed by atoms with Crippen LogP contribution in [0.3, 0.4) is 0 Å². The minimum absolute atomic E-state index is 0.0133. The van der Waals surface area contributed by atoms with Crippen LogP contribution in [0.25, 0.3) is 5.69 Å². The first-order valence-electron chi connectivity index (χ1n) is 11.7. The average molecular weight is 466 g/mol. The van der Waals surface area contributed by atoms with E-state index in [2.05, 4.69) is 21.8 Å². The number of hydrogen-bond acceptors (Lipinski definition) is 4.